The van der Waals surface area contributed by atoms with E-state index in [0.29, 0.717) is 51.8 Å². The Kier molecular flexibility index (Phi) is 6.97. The molecule has 1 aromatic heterocycles. The summed E-state index contributed by atoms with van der Waals surface area (Å²) < 4.78 is 18.0. The van der Waals surface area contributed by atoms with Crippen LogP contribution in [0.3, 0.4) is 0 Å². The van der Waals surface area contributed by atoms with Crippen molar-refractivity contribution < 1.29 is 23.8 Å². The molecule has 1 amide bonds. The number of carbonyl (C=O) groups excluding carboxylic acids is 2. The molecule has 3 aromatic rings. The Balaban J connectivity index is 1.46. The second kappa shape index (κ2) is 10.3. The molecule has 1 fully saturated rings. The van der Waals surface area contributed by atoms with Crippen LogP contribution in [0.15, 0.2) is 46.3 Å². The lowest BCUT2D eigenvalue weighted by molar-refractivity contribution is 0.0936. The van der Waals surface area contributed by atoms with Crippen molar-refractivity contribution in [2.75, 3.05) is 19.2 Å². The summed E-state index contributed by atoms with van der Waals surface area (Å²) in [5.41, 5.74) is 1.11. The molecule has 3 heterocycles. The first kappa shape index (κ1) is 24.3. The van der Waals surface area contributed by atoms with Crippen molar-refractivity contribution in [3.63, 3.8) is 0 Å². The Bertz CT molecular complexity index is 1380. The van der Waals surface area contributed by atoms with E-state index in [9.17, 15) is 14.4 Å². The van der Waals surface area contributed by atoms with Crippen molar-refractivity contribution in [3.8, 4) is 11.5 Å². The molecule has 1 N–H and O–H groups in total. The third kappa shape index (κ3) is 5.10. The minimum atomic E-state index is -0.232. The Hall–Kier alpha value is -3.37. The van der Waals surface area contributed by atoms with Gasteiger partial charge in [0, 0.05) is 23.8 Å². The minimum absolute atomic E-state index is 0.0196. The molecule has 0 radical (unpaired) electrons. The van der Waals surface area contributed by atoms with Gasteiger partial charge in [-0.15, -0.1) is 0 Å². The molecule has 1 saturated heterocycles. The number of carbonyl (C=O) groups is 2. The monoisotopic (exact) mass is 509 g/mol. The summed E-state index contributed by atoms with van der Waals surface area (Å²) in [5, 5.41) is 3.69. The van der Waals surface area contributed by atoms with E-state index in [-0.39, 0.29) is 41.9 Å². The third-order valence-corrected chi connectivity index (χ3v) is 7.02. The summed E-state index contributed by atoms with van der Waals surface area (Å²) >= 11 is 1.19. The van der Waals surface area contributed by atoms with Crippen LogP contribution in [0.5, 0.6) is 11.5 Å². The van der Waals surface area contributed by atoms with E-state index in [1.807, 2.05) is 13.8 Å². The zero-order valence-corrected chi connectivity index (χ0v) is 20.9. The van der Waals surface area contributed by atoms with Crippen molar-refractivity contribution in [1.29, 1.82) is 0 Å². The molecule has 5 rings (SSSR count). The maximum Gasteiger partial charge on any atom is 0.262 e. The Morgan fingerprint density at radius 2 is 1.94 bits per heavy atom. The SMILES string of the molecule is CC(C)NC(=O)c1ccc2c(=O)n(C[C@H]3CCCO3)c(SCC(=O)c3ccc4c(c3)OCO4)nc2c1. The first-order valence-electron chi connectivity index (χ1n) is 11.9. The summed E-state index contributed by atoms with van der Waals surface area (Å²) in [6.07, 6.45) is 1.72. The lowest BCUT2D eigenvalue weighted by Gasteiger charge is -2.17. The van der Waals surface area contributed by atoms with Crippen LogP contribution >= 0.6 is 11.8 Å². The summed E-state index contributed by atoms with van der Waals surface area (Å²) in [4.78, 5) is 43.7. The molecule has 0 unspecified atom stereocenters. The maximum absolute atomic E-state index is 13.5. The van der Waals surface area contributed by atoms with Crippen LogP contribution in [0.2, 0.25) is 0 Å². The number of Topliss-reactive ketones (excluding diaryl/α,β-unsaturated/α-hetero) is 1. The normalized spacial score (nSPS) is 16.6. The molecule has 0 saturated carbocycles. The fraction of sp³-hybridized carbons (Fsp3) is 0.385. The van der Waals surface area contributed by atoms with Crippen LogP contribution in [0, 0.1) is 0 Å². The first-order chi connectivity index (χ1) is 17.4. The number of amides is 1. The quantitative estimate of drug-likeness (QED) is 0.280. The van der Waals surface area contributed by atoms with Crippen LogP contribution in [0.1, 0.15) is 47.4 Å². The van der Waals surface area contributed by atoms with Crippen molar-refractivity contribution in [2.24, 2.45) is 0 Å². The summed E-state index contributed by atoms with van der Waals surface area (Å²) in [7, 11) is 0. The fourth-order valence-corrected chi connectivity index (χ4v) is 5.14. The zero-order valence-electron chi connectivity index (χ0n) is 20.1. The van der Waals surface area contributed by atoms with E-state index < -0.39 is 0 Å². The van der Waals surface area contributed by atoms with E-state index in [1.165, 1.54) is 11.8 Å². The van der Waals surface area contributed by atoms with Gasteiger partial charge in [0.1, 0.15) is 0 Å². The highest BCUT2D eigenvalue weighted by molar-refractivity contribution is 7.99. The average molecular weight is 510 g/mol. The number of hydrogen-bond acceptors (Lipinski definition) is 8. The number of nitrogens with one attached hydrogen (secondary N) is 1. The maximum atomic E-state index is 13.5. The molecule has 2 aromatic carbocycles. The number of nitrogens with zero attached hydrogens (tertiary/aromatic N) is 2. The Morgan fingerprint density at radius 1 is 1.14 bits per heavy atom. The molecule has 0 bridgehead atoms. The van der Waals surface area contributed by atoms with Gasteiger partial charge < -0.3 is 19.5 Å². The number of ether oxygens (including phenoxy) is 3. The standard InChI is InChI=1S/C26H27N3O6S/c1-15(2)27-24(31)17-5-7-19-20(10-17)28-26(29(25(19)32)12-18-4-3-9-33-18)36-13-21(30)16-6-8-22-23(11-16)35-14-34-22/h5-8,10-11,15,18H,3-4,9,12-14H2,1-2H3,(H,27,31)/t18-/m1/s1. The smallest absolute Gasteiger partial charge is 0.262 e. The Morgan fingerprint density at radius 3 is 2.72 bits per heavy atom. The van der Waals surface area contributed by atoms with Gasteiger partial charge in [-0.1, -0.05) is 11.8 Å². The van der Waals surface area contributed by atoms with Crippen LogP contribution in [0.4, 0.5) is 0 Å². The number of hydrogen-bond donors (Lipinski definition) is 1. The highest BCUT2D eigenvalue weighted by atomic mass is 32.2. The number of fused-ring (bicyclic) bond motifs is 2. The molecule has 188 valence electrons. The first-order valence-corrected chi connectivity index (χ1v) is 12.9. The second-order valence-corrected chi connectivity index (χ2v) is 10.0. The van der Waals surface area contributed by atoms with Crippen molar-refractivity contribution in [2.45, 2.75) is 50.5 Å². The molecule has 9 nitrogen and oxygen atoms in total. The molecule has 10 heteroatoms. The number of ketones is 1. The number of benzene rings is 2. The van der Waals surface area contributed by atoms with Crippen molar-refractivity contribution in [1.82, 2.24) is 14.9 Å². The topological polar surface area (TPSA) is 109 Å². The third-order valence-electron chi connectivity index (χ3n) is 6.04. The van der Waals surface area contributed by atoms with Gasteiger partial charge in [0.15, 0.2) is 22.4 Å². The number of rotatable bonds is 8. The van der Waals surface area contributed by atoms with Gasteiger partial charge in [0.2, 0.25) is 6.79 Å². The number of thioether (sulfide) groups is 1. The van der Waals surface area contributed by atoms with E-state index in [4.69, 9.17) is 19.2 Å². The molecule has 2 aliphatic heterocycles. The van der Waals surface area contributed by atoms with Gasteiger partial charge in [-0.05, 0) is 63.1 Å². The highest BCUT2D eigenvalue weighted by Crippen LogP contribution is 2.33. The van der Waals surface area contributed by atoms with E-state index >= 15 is 0 Å². The van der Waals surface area contributed by atoms with E-state index in [2.05, 4.69) is 5.32 Å². The molecular formula is C26H27N3O6S. The molecule has 36 heavy (non-hydrogen) atoms. The zero-order chi connectivity index (χ0) is 25.2. The number of aromatic nitrogens is 2. The van der Waals surface area contributed by atoms with Crippen LogP contribution in [0.25, 0.3) is 10.9 Å². The summed E-state index contributed by atoms with van der Waals surface area (Å²) in [5.74, 6) is 0.873. The predicted molar refractivity (Wildman–Crippen MR) is 135 cm³/mol. The van der Waals surface area contributed by atoms with E-state index in [1.54, 1.807) is 41.0 Å². The Labute approximate surface area is 212 Å². The lowest BCUT2D eigenvalue weighted by atomic mass is 10.1. The molecule has 1 atom stereocenters. The summed E-state index contributed by atoms with van der Waals surface area (Å²) in [6, 6.07) is 9.95. The van der Waals surface area contributed by atoms with Crippen LogP contribution in [-0.2, 0) is 11.3 Å². The fourth-order valence-electron chi connectivity index (χ4n) is 4.23. The van der Waals surface area contributed by atoms with Gasteiger partial charge >= 0.3 is 0 Å². The second-order valence-electron chi connectivity index (χ2n) is 9.09. The van der Waals surface area contributed by atoms with Gasteiger partial charge in [0.25, 0.3) is 11.5 Å². The van der Waals surface area contributed by atoms with Crippen molar-refractivity contribution in [3.05, 3.63) is 57.9 Å². The van der Waals surface area contributed by atoms with Gasteiger partial charge in [-0.2, -0.15) is 0 Å². The van der Waals surface area contributed by atoms with Crippen LogP contribution < -0.4 is 20.3 Å². The molecule has 0 spiro atoms. The largest absolute Gasteiger partial charge is 0.454 e. The molecular weight excluding hydrogens is 482 g/mol. The lowest BCUT2D eigenvalue weighted by Crippen LogP contribution is -2.31. The van der Waals surface area contributed by atoms with Gasteiger partial charge in [-0.25, -0.2) is 4.98 Å². The van der Waals surface area contributed by atoms with E-state index in [0.717, 1.165) is 12.8 Å². The van der Waals surface area contributed by atoms with Gasteiger partial charge in [-0.3, -0.25) is 19.0 Å². The van der Waals surface area contributed by atoms with Crippen molar-refractivity contribution >= 4 is 34.4 Å². The highest BCUT2D eigenvalue weighted by Gasteiger charge is 2.22. The average Bonchev–Trinajstić information content (AvgIpc) is 3.55. The molecule has 2 aliphatic rings. The predicted octanol–water partition coefficient (Wildman–Crippen LogP) is 3.42. The molecule has 0 aliphatic carbocycles. The minimum Gasteiger partial charge on any atom is -0.454 e. The van der Waals surface area contributed by atoms with Gasteiger partial charge in [0.05, 0.1) is 29.3 Å². The van der Waals surface area contributed by atoms with Crippen LogP contribution in [-0.4, -0.2) is 52.5 Å². The summed E-state index contributed by atoms with van der Waals surface area (Å²) in [6.45, 7) is 4.92.